The van der Waals surface area contributed by atoms with Crippen LogP contribution in [0.2, 0.25) is 0 Å². The fourth-order valence-corrected chi connectivity index (χ4v) is 5.05. The van der Waals surface area contributed by atoms with Crippen LogP contribution in [0, 0.1) is 0 Å². The zero-order valence-electron chi connectivity index (χ0n) is 17.8. The molecular formula is C26H28N2O3. The first-order valence-corrected chi connectivity index (χ1v) is 10.8. The Morgan fingerprint density at radius 2 is 1.58 bits per heavy atom. The molecule has 3 aromatic rings. The van der Waals surface area contributed by atoms with Crippen LogP contribution in [-0.4, -0.2) is 37.5 Å². The van der Waals surface area contributed by atoms with E-state index in [0.29, 0.717) is 6.42 Å². The van der Waals surface area contributed by atoms with E-state index in [9.17, 15) is 5.11 Å². The van der Waals surface area contributed by atoms with Crippen molar-refractivity contribution in [3.8, 4) is 22.6 Å². The number of fused-ring (bicyclic) bond motifs is 2. The summed E-state index contributed by atoms with van der Waals surface area (Å²) in [6, 6.07) is 23.0. The average Bonchev–Trinajstić information content (AvgIpc) is 2.82. The molecule has 2 aliphatic rings. The van der Waals surface area contributed by atoms with Crippen LogP contribution in [0.15, 0.2) is 66.7 Å². The Labute approximate surface area is 183 Å². The Bertz CT molecular complexity index is 1080. The minimum Gasteiger partial charge on any atom is -0.497 e. The molecule has 0 unspecified atom stereocenters. The van der Waals surface area contributed by atoms with Gasteiger partial charge < -0.3 is 25.2 Å². The zero-order chi connectivity index (χ0) is 21.4. The van der Waals surface area contributed by atoms with Gasteiger partial charge in [-0.15, -0.1) is 0 Å². The first-order valence-electron chi connectivity index (χ1n) is 10.8. The molecule has 0 saturated heterocycles. The number of ether oxygens (including phenoxy) is 2. The maximum absolute atomic E-state index is 10.7. The third-order valence-corrected chi connectivity index (χ3v) is 6.54. The highest BCUT2D eigenvalue weighted by Gasteiger charge is 2.41. The van der Waals surface area contributed by atoms with E-state index in [0.717, 1.165) is 40.4 Å². The summed E-state index contributed by atoms with van der Waals surface area (Å²) in [6.07, 6.45) is 1.09. The van der Waals surface area contributed by atoms with Gasteiger partial charge in [-0.2, -0.15) is 0 Å². The van der Waals surface area contributed by atoms with Crippen molar-refractivity contribution in [2.24, 2.45) is 0 Å². The van der Waals surface area contributed by atoms with Gasteiger partial charge in [-0.25, -0.2) is 0 Å². The van der Waals surface area contributed by atoms with Gasteiger partial charge in [0.2, 0.25) is 0 Å². The summed E-state index contributed by atoms with van der Waals surface area (Å²) in [4.78, 5) is 0. The van der Waals surface area contributed by atoms with Crippen LogP contribution in [0.25, 0.3) is 11.1 Å². The minimum absolute atomic E-state index is 0.124. The highest BCUT2D eigenvalue weighted by molar-refractivity contribution is 5.89. The maximum atomic E-state index is 10.7. The molecule has 0 bridgehead atoms. The van der Waals surface area contributed by atoms with E-state index in [4.69, 9.17) is 9.47 Å². The molecule has 1 heterocycles. The Kier molecular flexibility index (Phi) is 5.20. The number of para-hydroxylation sites is 1. The van der Waals surface area contributed by atoms with Gasteiger partial charge in [0, 0.05) is 17.5 Å². The molecule has 5 nitrogen and oxygen atoms in total. The highest BCUT2D eigenvalue weighted by Crippen LogP contribution is 2.45. The Morgan fingerprint density at radius 3 is 2.39 bits per heavy atom. The molecule has 0 radical (unpaired) electrons. The van der Waals surface area contributed by atoms with Crippen LogP contribution in [0.3, 0.4) is 0 Å². The van der Waals surface area contributed by atoms with E-state index in [1.54, 1.807) is 14.2 Å². The smallest absolute Gasteiger partial charge is 0.119 e. The standard InChI is InChI=1S/C26H28N2O3/c1-30-19-8-3-6-16(12-19)21-10-5-11-23-25(21)28-24-15-18(29)14-22(26(24)27-23)17-7-4-9-20(13-17)31-2/h3-13,18,22,24,26-29H,14-15H2,1-2H3/t18-,22+,24+,26+/m0/s1. The van der Waals surface area contributed by atoms with Crippen molar-refractivity contribution in [2.45, 2.75) is 36.9 Å². The molecule has 5 heteroatoms. The summed E-state index contributed by atoms with van der Waals surface area (Å²) in [7, 11) is 3.38. The Hall–Kier alpha value is -3.18. The van der Waals surface area contributed by atoms with Crippen LogP contribution >= 0.6 is 0 Å². The van der Waals surface area contributed by atoms with Crippen LogP contribution in [0.1, 0.15) is 24.3 Å². The second-order valence-corrected chi connectivity index (χ2v) is 8.39. The van der Waals surface area contributed by atoms with Gasteiger partial charge in [0.15, 0.2) is 0 Å². The number of aliphatic hydroxyl groups excluding tert-OH is 1. The van der Waals surface area contributed by atoms with Crippen molar-refractivity contribution in [1.29, 1.82) is 0 Å². The number of nitrogens with one attached hydrogen (secondary N) is 2. The predicted molar refractivity (Wildman–Crippen MR) is 124 cm³/mol. The number of methoxy groups -OCH3 is 2. The largest absolute Gasteiger partial charge is 0.497 e. The van der Waals surface area contributed by atoms with Crippen molar-refractivity contribution in [1.82, 2.24) is 0 Å². The maximum Gasteiger partial charge on any atom is 0.119 e. The number of rotatable bonds is 4. The minimum atomic E-state index is -0.350. The molecule has 1 aliphatic heterocycles. The van der Waals surface area contributed by atoms with E-state index in [-0.39, 0.29) is 24.1 Å². The third kappa shape index (κ3) is 3.70. The molecule has 4 atom stereocenters. The first kappa shape index (κ1) is 19.8. The molecule has 1 saturated carbocycles. The molecule has 1 fully saturated rings. The summed E-state index contributed by atoms with van der Waals surface area (Å²) in [5.74, 6) is 1.87. The van der Waals surface area contributed by atoms with Gasteiger partial charge in [0.25, 0.3) is 0 Å². The van der Waals surface area contributed by atoms with Gasteiger partial charge in [-0.1, -0.05) is 36.4 Å². The number of anilines is 2. The van der Waals surface area contributed by atoms with Crippen LogP contribution < -0.4 is 20.1 Å². The molecule has 1 aliphatic carbocycles. The molecule has 0 amide bonds. The monoisotopic (exact) mass is 416 g/mol. The van der Waals surface area contributed by atoms with Crippen LogP contribution in [-0.2, 0) is 0 Å². The Balaban J connectivity index is 1.52. The summed E-state index contributed by atoms with van der Waals surface area (Å²) < 4.78 is 10.9. The molecule has 0 aromatic heterocycles. The van der Waals surface area contributed by atoms with Crippen molar-refractivity contribution in [2.75, 3.05) is 24.9 Å². The molecule has 160 valence electrons. The van der Waals surface area contributed by atoms with Crippen molar-refractivity contribution < 1.29 is 14.6 Å². The van der Waals surface area contributed by atoms with Crippen LogP contribution in [0.4, 0.5) is 11.4 Å². The van der Waals surface area contributed by atoms with Gasteiger partial charge in [-0.3, -0.25) is 0 Å². The van der Waals surface area contributed by atoms with E-state index < -0.39 is 0 Å². The van der Waals surface area contributed by atoms with E-state index in [2.05, 4.69) is 53.1 Å². The quantitative estimate of drug-likeness (QED) is 0.566. The first-order chi connectivity index (χ1) is 15.2. The lowest BCUT2D eigenvalue weighted by Crippen LogP contribution is -2.52. The lowest BCUT2D eigenvalue weighted by atomic mass is 9.74. The van der Waals surface area contributed by atoms with Crippen LogP contribution in [0.5, 0.6) is 11.5 Å². The second-order valence-electron chi connectivity index (χ2n) is 8.39. The van der Waals surface area contributed by atoms with Crippen molar-refractivity contribution in [3.05, 3.63) is 72.3 Å². The number of hydrogen-bond acceptors (Lipinski definition) is 5. The lowest BCUT2D eigenvalue weighted by molar-refractivity contribution is 0.107. The normalized spacial score (nSPS) is 24.2. The molecular weight excluding hydrogens is 388 g/mol. The van der Waals surface area contributed by atoms with Gasteiger partial charge in [0.05, 0.1) is 37.7 Å². The number of aliphatic hydroxyl groups is 1. The SMILES string of the molecule is COc1cccc(-c2cccc3c2N[C@@H]2C[C@@H](O)C[C@H](c4cccc(OC)c4)[C@H]2N3)c1. The highest BCUT2D eigenvalue weighted by atomic mass is 16.5. The molecule has 3 aromatic carbocycles. The molecule has 31 heavy (non-hydrogen) atoms. The molecule has 0 spiro atoms. The van der Waals surface area contributed by atoms with E-state index >= 15 is 0 Å². The average molecular weight is 417 g/mol. The van der Waals surface area contributed by atoms with E-state index in [1.807, 2.05) is 24.3 Å². The summed E-state index contributed by atoms with van der Waals surface area (Å²) in [6.45, 7) is 0. The van der Waals surface area contributed by atoms with Gasteiger partial charge in [-0.05, 0) is 54.3 Å². The summed E-state index contributed by atoms with van der Waals surface area (Å²) in [5.41, 5.74) is 5.58. The topological polar surface area (TPSA) is 62.8 Å². The number of benzene rings is 3. The lowest BCUT2D eigenvalue weighted by Gasteiger charge is -2.46. The summed E-state index contributed by atoms with van der Waals surface area (Å²) >= 11 is 0. The second kappa shape index (κ2) is 8.16. The third-order valence-electron chi connectivity index (χ3n) is 6.54. The van der Waals surface area contributed by atoms with Crippen molar-refractivity contribution in [3.63, 3.8) is 0 Å². The Morgan fingerprint density at radius 1 is 0.839 bits per heavy atom. The van der Waals surface area contributed by atoms with Gasteiger partial charge >= 0.3 is 0 Å². The van der Waals surface area contributed by atoms with Gasteiger partial charge in [0.1, 0.15) is 11.5 Å². The number of hydrogen-bond donors (Lipinski definition) is 3. The fourth-order valence-electron chi connectivity index (χ4n) is 5.05. The fraction of sp³-hybridized carbons (Fsp3) is 0.308. The summed E-state index contributed by atoms with van der Waals surface area (Å²) in [5, 5.41) is 18.3. The molecule has 3 N–H and O–H groups in total. The van der Waals surface area contributed by atoms with Crippen molar-refractivity contribution >= 4 is 11.4 Å². The predicted octanol–water partition coefficient (Wildman–Crippen LogP) is 4.88. The van der Waals surface area contributed by atoms with E-state index in [1.165, 1.54) is 5.56 Å². The molecule has 5 rings (SSSR count). The zero-order valence-corrected chi connectivity index (χ0v) is 17.8.